The number of hydrogen-bond donors (Lipinski definition) is 0. The van der Waals surface area contributed by atoms with Crippen LogP contribution in [-0.2, 0) is 0 Å². The van der Waals surface area contributed by atoms with Crippen molar-refractivity contribution in [3.63, 3.8) is 0 Å². The van der Waals surface area contributed by atoms with Gasteiger partial charge in [-0.1, -0.05) is 20.3 Å². The Labute approximate surface area is 76.1 Å². The molecule has 1 aliphatic carbocycles. The van der Waals surface area contributed by atoms with Crippen LogP contribution < -0.4 is 0 Å². The highest BCUT2D eigenvalue weighted by atomic mass is 15.1. The molecule has 0 aromatic heterocycles. The molecule has 1 saturated carbocycles. The predicted octanol–water partition coefficient (Wildman–Crippen LogP) is 2.23. The smallest absolute Gasteiger partial charge is 0.00120 e. The number of nitrogens with zero attached hydrogens (tertiary/aromatic N) is 1. The molecule has 2 fully saturated rings. The minimum atomic E-state index is 0.943. The van der Waals surface area contributed by atoms with Gasteiger partial charge in [0.2, 0.25) is 0 Å². The summed E-state index contributed by atoms with van der Waals surface area (Å²) in [6, 6.07) is 0. The summed E-state index contributed by atoms with van der Waals surface area (Å²) in [5.74, 6) is 3.99. The van der Waals surface area contributed by atoms with Gasteiger partial charge in [-0.2, -0.15) is 0 Å². The van der Waals surface area contributed by atoms with Gasteiger partial charge in [0.15, 0.2) is 0 Å². The molecule has 2 aliphatic rings. The molecular formula is C11H21N. The summed E-state index contributed by atoms with van der Waals surface area (Å²) in [5, 5.41) is 0. The minimum Gasteiger partial charge on any atom is -0.306 e. The Bertz CT molecular complexity index is 166. The van der Waals surface area contributed by atoms with Crippen LogP contribution in [0.15, 0.2) is 0 Å². The van der Waals surface area contributed by atoms with E-state index in [-0.39, 0.29) is 0 Å². The molecule has 0 spiro atoms. The highest BCUT2D eigenvalue weighted by Gasteiger charge is 2.40. The Morgan fingerprint density at radius 3 is 2.42 bits per heavy atom. The first kappa shape index (κ1) is 8.55. The molecule has 0 N–H and O–H groups in total. The summed E-state index contributed by atoms with van der Waals surface area (Å²) in [4.78, 5) is 2.52. The third kappa shape index (κ3) is 1.28. The highest BCUT2D eigenvalue weighted by Crippen LogP contribution is 2.43. The Morgan fingerprint density at radius 1 is 0.917 bits per heavy atom. The molecule has 1 heterocycles. The second-order valence-corrected chi connectivity index (χ2v) is 5.08. The second kappa shape index (κ2) is 3.02. The van der Waals surface area contributed by atoms with Crippen LogP contribution in [0.2, 0.25) is 0 Å². The van der Waals surface area contributed by atoms with Crippen LogP contribution in [0.1, 0.15) is 26.7 Å². The van der Waals surface area contributed by atoms with Crippen LogP contribution >= 0.6 is 0 Å². The maximum absolute atomic E-state index is 2.52. The zero-order chi connectivity index (χ0) is 8.72. The number of rotatable bonds is 0. The van der Waals surface area contributed by atoms with E-state index in [0.29, 0.717) is 0 Å². The van der Waals surface area contributed by atoms with Crippen LogP contribution in [-0.4, -0.2) is 25.0 Å². The maximum atomic E-state index is 2.52. The summed E-state index contributed by atoms with van der Waals surface area (Å²) in [6.07, 6.45) is 2.98. The zero-order valence-electron chi connectivity index (χ0n) is 8.59. The topological polar surface area (TPSA) is 3.24 Å². The SMILES string of the molecule is C[C@@H]1CN(C)C[C@H]2[C@@H]1CC[C@@H]2C. The highest BCUT2D eigenvalue weighted by molar-refractivity contribution is 4.91. The molecule has 1 saturated heterocycles. The zero-order valence-corrected chi connectivity index (χ0v) is 8.59. The van der Waals surface area contributed by atoms with Crippen LogP contribution in [0.3, 0.4) is 0 Å². The molecule has 0 radical (unpaired) electrons. The summed E-state index contributed by atoms with van der Waals surface area (Å²) < 4.78 is 0. The predicted molar refractivity (Wildman–Crippen MR) is 52.0 cm³/mol. The quantitative estimate of drug-likeness (QED) is 0.535. The van der Waals surface area contributed by atoms with E-state index in [0.717, 1.165) is 23.7 Å². The van der Waals surface area contributed by atoms with Crippen LogP contribution in [0.4, 0.5) is 0 Å². The fraction of sp³-hybridized carbons (Fsp3) is 1.00. The third-order valence-electron chi connectivity index (χ3n) is 4.09. The molecule has 0 amide bonds. The summed E-state index contributed by atoms with van der Waals surface area (Å²) in [6.45, 7) is 7.56. The van der Waals surface area contributed by atoms with Crippen molar-refractivity contribution in [1.29, 1.82) is 0 Å². The van der Waals surface area contributed by atoms with Crippen LogP contribution in [0.25, 0.3) is 0 Å². The Balaban J connectivity index is 2.08. The van der Waals surface area contributed by atoms with Gasteiger partial charge in [0.05, 0.1) is 0 Å². The third-order valence-corrected chi connectivity index (χ3v) is 4.09. The van der Waals surface area contributed by atoms with Crippen LogP contribution in [0.5, 0.6) is 0 Å². The van der Waals surface area contributed by atoms with E-state index < -0.39 is 0 Å². The second-order valence-electron chi connectivity index (χ2n) is 5.08. The normalized spacial score (nSPS) is 49.2. The first-order valence-corrected chi connectivity index (χ1v) is 5.37. The van der Waals surface area contributed by atoms with Gasteiger partial charge in [-0.15, -0.1) is 0 Å². The lowest BCUT2D eigenvalue weighted by molar-refractivity contribution is 0.0927. The Hall–Kier alpha value is -0.0400. The molecule has 2 rings (SSSR count). The Morgan fingerprint density at radius 2 is 1.67 bits per heavy atom. The molecule has 12 heavy (non-hydrogen) atoms. The van der Waals surface area contributed by atoms with E-state index in [4.69, 9.17) is 0 Å². The molecule has 1 nitrogen and oxygen atoms in total. The van der Waals surface area contributed by atoms with Crippen molar-refractivity contribution in [2.24, 2.45) is 23.7 Å². The van der Waals surface area contributed by atoms with E-state index in [1.54, 1.807) is 0 Å². The van der Waals surface area contributed by atoms with Gasteiger partial charge in [0.1, 0.15) is 0 Å². The molecule has 1 heteroatoms. The fourth-order valence-corrected chi connectivity index (χ4v) is 3.39. The first-order valence-electron chi connectivity index (χ1n) is 5.37. The standard InChI is InChI=1S/C11H21N/c1-8-4-5-10-9(2)6-12(3)7-11(8)10/h8-11H,4-7H2,1-3H3/t8-,9+,10+,11+/m0/s1. The molecule has 4 atom stereocenters. The van der Waals surface area contributed by atoms with Gasteiger partial charge in [0.25, 0.3) is 0 Å². The van der Waals surface area contributed by atoms with Crippen molar-refractivity contribution in [2.45, 2.75) is 26.7 Å². The average molecular weight is 167 g/mol. The summed E-state index contributed by atoms with van der Waals surface area (Å²) in [5.41, 5.74) is 0. The molecule has 0 aromatic carbocycles. The largest absolute Gasteiger partial charge is 0.306 e. The monoisotopic (exact) mass is 167 g/mol. The van der Waals surface area contributed by atoms with Crippen molar-refractivity contribution in [3.05, 3.63) is 0 Å². The van der Waals surface area contributed by atoms with E-state index in [1.165, 1.54) is 25.9 Å². The molecule has 1 aliphatic heterocycles. The van der Waals surface area contributed by atoms with Gasteiger partial charge < -0.3 is 4.90 Å². The molecule has 0 bridgehead atoms. The summed E-state index contributed by atoms with van der Waals surface area (Å²) in [7, 11) is 2.28. The van der Waals surface area contributed by atoms with Gasteiger partial charge >= 0.3 is 0 Å². The van der Waals surface area contributed by atoms with Crippen molar-refractivity contribution < 1.29 is 0 Å². The lowest BCUT2D eigenvalue weighted by Gasteiger charge is -2.39. The number of hydrogen-bond acceptors (Lipinski definition) is 1. The van der Waals surface area contributed by atoms with E-state index >= 15 is 0 Å². The number of likely N-dealkylation sites (tertiary alicyclic amines) is 1. The fourth-order valence-electron chi connectivity index (χ4n) is 3.39. The summed E-state index contributed by atoms with van der Waals surface area (Å²) >= 11 is 0. The van der Waals surface area contributed by atoms with Crippen LogP contribution in [0, 0.1) is 23.7 Å². The van der Waals surface area contributed by atoms with Gasteiger partial charge in [-0.3, -0.25) is 0 Å². The van der Waals surface area contributed by atoms with E-state index in [1.807, 2.05) is 0 Å². The molecule has 70 valence electrons. The number of fused-ring (bicyclic) bond motifs is 1. The van der Waals surface area contributed by atoms with Gasteiger partial charge in [-0.05, 0) is 37.1 Å². The molecular weight excluding hydrogens is 146 g/mol. The minimum absolute atomic E-state index is 0.943. The van der Waals surface area contributed by atoms with Gasteiger partial charge in [0, 0.05) is 13.1 Å². The van der Waals surface area contributed by atoms with Crippen molar-refractivity contribution in [1.82, 2.24) is 4.90 Å². The van der Waals surface area contributed by atoms with Crippen molar-refractivity contribution in [3.8, 4) is 0 Å². The van der Waals surface area contributed by atoms with Gasteiger partial charge in [-0.25, -0.2) is 0 Å². The maximum Gasteiger partial charge on any atom is 0.00120 e. The number of piperidine rings is 1. The average Bonchev–Trinajstić information content (AvgIpc) is 2.33. The van der Waals surface area contributed by atoms with Crippen molar-refractivity contribution in [2.75, 3.05) is 20.1 Å². The molecule has 0 unspecified atom stereocenters. The Kier molecular flexibility index (Phi) is 2.16. The van der Waals surface area contributed by atoms with E-state index in [2.05, 4.69) is 25.8 Å². The first-order chi connectivity index (χ1) is 5.68. The van der Waals surface area contributed by atoms with E-state index in [9.17, 15) is 0 Å². The lowest BCUT2D eigenvalue weighted by Crippen LogP contribution is -2.42. The molecule has 0 aromatic rings. The van der Waals surface area contributed by atoms with Crippen molar-refractivity contribution >= 4 is 0 Å². The lowest BCUT2D eigenvalue weighted by atomic mass is 9.79.